The summed E-state index contributed by atoms with van der Waals surface area (Å²) in [5.41, 5.74) is 0.255. The van der Waals surface area contributed by atoms with E-state index >= 15 is 0 Å². The number of rotatable bonds is 6. The molecule has 1 unspecified atom stereocenters. The highest BCUT2D eigenvalue weighted by molar-refractivity contribution is 4.93. The van der Waals surface area contributed by atoms with Gasteiger partial charge in [-0.15, -0.1) is 0 Å². The highest BCUT2D eigenvalue weighted by Crippen LogP contribution is 2.48. The first-order valence-corrected chi connectivity index (χ1v) is 7.23. The molecule has 1 nitrogen and oxygen atoms in total. The minimum Gasteiger partial charge on any atom is -0.392 e. The van der Waals surface area contributed by atoms with Gasteiger partial charge in [0.1, 0.15) is 0 Å². The first-order chi connectivity index (χ1) is 7.55. The molecule has 1 heteroatoms. The SMILES string of the molecule is CCC(CC)C(O)C1(CC(C)C)CCCC1. The predicted molar refractivity (Wildman–Crippen MR) is 70.4 cm³/mol. The monoisotopic (exact) mass is 226 g/mol. The van der Waals surface area contributed by atoms with E-state index in [0.717, 1.165) is 12.8 Å². The minimum atomic E-state index is -0.0626. The molecule has 96 valence electrons. The van der Waals surface area contributed by atoms with Crippen molar-refractivity contribution < 1.29 is 5.11 Å². The van der Waals surface area contributed by atoms with Crippen molar-refractivity contribution >= 4 is 0 Å². The summed E-state index contributed by atoms with van der Waals surface area (Å²) >= 11 is 0. The zero-order valence-corrected chi connectivity index (χ0v) is 11.6. The Kier molecular flexibility index (Phi) is 5.30. The molecule has 0 aromatic carbocycles. The van der Waals surface area contributed by atoms with Crippen LogP contribution in [0.4, 0.5) is 0 Å². The van der Waals surface area contributed by atoms with E-state index in [1.54, 1.807) is 0 Å². The van der Waals surface area contributed by atoms with Crippen LogP contribution in [0.2, 0.25) is 0 Å². The van der Waals surface area contributed by atoms with Gasteiger partial charge >= 0.3 is 0 Å². The number of aliphatic hydroxyl groups excluding tert-OH is 1. The van der Waals surface area contributed by atoms with Crippen LogP contribution in [0.1, 0.15) is 72.6 Å². The molecule has 0 heterocycles. The van der Waals surface area contributed by atoms with Crippen molar-refractivity contribution in [3.8, 4) is 0 Å². The van der Waals surface area contributed by atoms with E-state index in [2.05, 4.69) is 27.7 Å². The van der Waals surface area contributed by atoms with Crippen LogP contribution in [0, 0.1) is 17.3 Å². The Morgan fingerprint density at radius 1 is 1.06 bits per heavy atom. The van der Waals surface area contributed by atoms with Gasteiger partial charge in [-0.25, -0.2) is 0 Å². The third-order valence-corrected chi connectivity index (χ3v) is 4.54. The molecule has 1 N–H and O–H groups in total. The molecule has 1 rings (SSSR count). The average molecular weight is 226 g/mol. The summed E-state index contributed by atoms with van der Waals surface area (Å²) in [4.78, 5) is 0. The second-order valence-electron chi connectivity index (χ2n) is 6.19. The average Bonchev–Trinajstić information content (AvgIpc) is 2.68. The standard InChI is InChI=1S/C15H30O/c1-5-13(6-2)14(16)15(11-12(3)4)9-7-8-10-15/h12-14,16H,5-11H2,1-4H3. The van der Waals surface area contributed by atoms with Gasteiger partial charge in [0, 0.05) is 0 Å². The third kappa shape index (κ3) is 3.00. The van der Waals surface area contributed by atoms with Gasteiger partial charge < -0.3 is 5.11 Å². The van der Waals surface area contributed by atoms with Crippen molar-refractivity contribution in [1.29, 1.82) is 0 Å². The predicted octanol–water partition coefficient (Wildman–Crippen LogP) is 4.39. The second-order valence-corrected chi connectivity index (χ2v) is 6.19. The van der Waals surface area contributed by atoms with E-state index in [4.69, 9.17) is 0 Å². The highest BCUT2D eigenvalue weighted by Gasteiger charge is 2.43. The Labute approximate surface area is 102 Å². The maximum Gasteiger partial charge on any atom is 0.0624 e. The molecule has 0 bridgehead atoms. The van der Waals surface area contributed by atoms with Gasteiger partial charge in [-0.2, -0.15) is 0 Å². The largest absolute Gasteiger partial charge is 0.392 e. The van der Waals surface area contributed by atoms with Crippen molar-refractivity contribution in [2.75, 3.05) is 0 Å². The van der Waals surface area contributed by atoms with Crippen LogP contribution in [0.25, 0.3) is 0 Å². The molecular weight excluding hydrogens is 196 g/mol. The summed E-state index contributed by atoms with van der Waals surface area (Å²) in [5, 5.41) is 10.7. The van der Waals surface area contributed by atoms with Crippen molar-refractivity contribution in [1.82, 2.24) is 0 Å². The lowest BCUT2D eigenvalue weighted by molar-refractivity contribution is -0.0312. The molecule has 0 saturated heterocycles. The zero-order chi connectivity index (χ0) is 12.2. The number of hydrogen-bond donors (Lipinski definition) is 1. The van der Waals surface area contributed by atoms with Crippen LogP contribution in [-0.4, -0.2) is 11.2 Å². The fourth-order valence-electron chi connectivity index (χ4n) is 3.75. The first kappa shape index (κ1) is 14.0. The maximum atomic E-state index is 10.7. The third-order valence-electron chi connectivity index (χ3n) is 4.54. The van der Waals surface area contributed by atoms with Gasteiger partial charge in [0.05, 0.1) is 6.10 Å². The van der Waals surface area contributed by atoms with Gasteiger partial charge in [-0.1, -0.05) is 53.4 Å². The molecule has 0 radical (unpaired) electrons. The van der Waals surface area contributed by atoms with Crippen molar-refractivity contribution in [2.45, 2.75) is 78.7 Å². The van der Waals surface area contributed by atoms with E-state index in [1.807, 2.05) is 0 Å². The summed E-state index contributed by atoms with van der Waals surface area (Å²) in [5.74, 6) is 1.22. The molecule has 1 fully saturated rings. The molecule has 16 heavy (non-hydrogen) atoms. The Morgan fingerprint density at radius 2 is 1.56 bits per heavy atom. The lowest BCUT2D eigenvalue weighted by Crippen LogP contribution is -2.39. The normalized spacial score (nSPS) is 21.9. The fraction of sp³-hybridized carbons (Fsp3) is 1.00. The Hall–Kier alpha value is -0.0400. The summed E-state index contributed by atoms with van der Waals surface area (Å²) < 4.78 is 0. The molecule has 0 aromatic heterocycles. The van der Waals surface area contributed by atoms with Crippen LogP contribution < -0.4 is 0 Å². The van der Waals surface area contributed by atoms with Gasteiger partial charge in [-0.05, 0) is 36.5 Å². The van der Waals surface area contributed by atoms with E-state index in [9.17, 15) is 5.11 Å². The molecule has 1 saturated carbocycles. The van der Waals surface area contributed by atoms with E-state index in [-0.39, 0.29) is 11.5 Å². The summed E-state index contributed by atoms with van der Waals surface area (Å²) in [6.45, 7) is 9.02. The van der Waals surface area contributed by atoms with Crippen molar-refractivity contribution in [3.05, 3.63) is 0 Å². The lowest BCUT2D eigenvalue weighted by Gasteiger charge is -2.40. The highest BCUT2D eigenvalue weighted by atomic mass is 16.3. The molecule has 1 aliphatic carbocycles. The zero-order valence-electron chi connectivity index (χ0n) is 11.6. The fourth-order valence-corrected chi connectivity index (χ4v) is 3.75. The molecule has 1 atom stereocenters. The Balaban J connectivity index is 2.75. The van der Waals surface area contributed by atoms with Crippen LogP contribution >= 0.6 is 0 Å². The van der Waals surface area contributed by atoms with Crippen LogP contribution in [-0.2, 0) is 0 Å². The van der Waals surface area contributed by atoms with Gasteiger partial charge in [-0.3, -0.25) is 0 Å². The van der Waals surface area contributed by atoms with Crippen LogP contribution in [0.3, 0.4) is 0 Å². The number of aliphatic hydroxyl groups is 1. The molecular formula is C15H30O. The summed E-state index contributed by atoms with van der Waals surface area (Å²) in [7, 11) is 0. The van der Waals surface area contributed by atoms with Crippen molar-refractivity contribution in [3.63, 3.8) is 0 Å². The maximum absolute atomic E-state index is 10.7. The summed E-state index contributed by atoms with van der Waals surface area (Å²) in [6, 6.07) is 0. The minimum absolute atomic E-state index is 0.0626. The lowest BCUT2D eigenvalue weighted by atomic mass is 9.69. The van der Waals surface area contributed by atoms with E-state index < -0.39 is 0 Å². The topological polar surface area (TPSA) is 20.2 Å². The van der Waals surface area contributed by atoms with Crippen LogP contribution in [0.15, 0.2) is 0 Å². The molecule has 0 amide bonds. The van der Waals surface area contributed by atoms with Gasteiger partial charge in [0.25, 0.3) is 0 Å². The quantitative estimate of drug-likeness (QED) is 0.712. The van der Waals surface area contributed by atoms with Crippen LogP contribution in [0.5, 0.6) is 0 Å². The molecule has 1 aliphatic rings. The summed E-state index contributed by atoms with van der Waals surface area (Å²) in [6.07, 6.45) is 8.55. The molecule has 0 aliphatic heterocycles. The van der Waals surface area contributed by atoms with E-state index in [1.165, 1.54) is 32.1 Å². The molecule has 0 aromatic rings. The Bertz CT molecular complexity index is 188. The second kappa shape index (κ2) is 6.05. The Morgan fingerprint density at radius 3 is 1.94 bits per heavy atom. The first-order valence-electron chi connectivity index (χ1n) is 7.23. The number of hydrogen-bond acceptors (Lipinski definition) is 1. The van der Waals surface area contributed by atoms with E-state index in [0.29, 0.717) is 11.8 Å². The van der Waals surface area contributed by atoms with Crippen molar-refractivity contribution in [2.24, 2.45) is 17.3 Å². The molecule has 0 spiro atoms. The smallest absolute Gasteiger partial charge is 0.0624 e. The van der Waals surface area contributed by atoms with Gasteiger partial charge in [0.2, 0.25) is 0 Å². The van der Waals surface area contributed by atoms with Gasteiger partial charge in [0.15, 0.2) is 0 Å².